The molecular formula is C18H10FNO3S. The molecule has 3 aromatic rings. The highest BCUT2D eigenvalue weighted by molar-refractivity contribution is 7.13. The van der Waals surface area contributed by atoms with Gasteiger partial charge in [0.05, 0.1) is 11.3 Å². The van der Waals surface area contributed by atoms with Crippen LogP contribution in [0.5, 0.6) is 11.5 Å². The second-order valence-electron chi connectivity index (χ2n) is 5.20. The Labute approximate surface area is 140 Å². The predicted octanol–water partition coefficient (Wildman–Crippen LogP) is 4.27. The lowest BCUT2D eigenvalue weighted by molar-refractivity contribution is 0.101. The van der Waals surface area contributed by atoms with E-state index >= 15 is 0 Å². The largest absolute Gasteiger partial charge is 0.508 e. The first-order valence-corrected chi connectivity index (χ1v) is 7.97. The fourth-order valence-electron chi connectivity index (χ4n) is 2.39. The lowest BCUT2D eigenvalue weighted by Crippen LogP contribution is -1.98. The van der Waals surface area contributed by atoms with Crippen LogP contribution in [0.3, 0.4) is 0 Å². The molecule has 0 saturated carbocycles. The number of hydrogen-bond donors (Lipinski definition) is 1. The summed E-state index contributed by atoms with van der Waals surface area (Å²) in [4.78, 5) is 16.7. The summed E-state index contributed by atoms with van der Waals surface area (Å²) in [5.74, 6) is -0.0215. The number of phenols is 1. The van der Waals surface area contributed by atoms with Gasteiger partial charge in [0.25, 0.3) is 0 Å². The third-order valence-electron chi connectivity index (χ3n) is 3.55. The van der Waals surface area contributed by atoms with Gasteiger partial charge in [0, 0.05) is 23.1 Å². The lowest BCUT2D eigenvalue weighted by Gasteiger charge is -1.97. The zero-order valence-electron chi connectivity index (χ0n) is 12.2. The number of Topliss-reactive ketones (excluding diaryl/α,β-unsaturated/α-hetero) is 1. The summed E-state index contributed by atoms with van der Waals surface area (Å²) in [5, 5.41) is 12.0. The Morgan fingerprint density at radius 1 is 1.17 bits per heavy atom. The van der Waals surface area contributed by atoms with Crippen LogP contribution in [0.1, 0.15) is 16.1 Å². The van der Waals surface area contributed by atoms with Crippen molar-refractivity contribution in [3.05, 3.63) is 70.7 Å². The molecule has 1 aromatic heterocycles. The summed E-state index contributed by atoms with van der Waals surface area (Å²) >= 11 is 1.39. The number of aromatic nitrogens is 1. The number of allylic oxidation sites excluding steroid dienone is 1. The van der Waals surface area contributed by atoms with Crippen molar-refractivity contribution >= 4 is 23.2 Å². The fraction of sp³-hybridized carbons (Fsp3) is 0. The minimum atomic E-state index is -0.302. The van der Waals surface area contributed by atoms with E-state index in [1.165, 1.54) is 41.7 Å². The summed E-state index contributed by atoms with van der Waals surface area (Å²) in [6.07, 6.45) is 1.56. The molecule has 4 nitrogen and oxygen atoms in total. The fourth-order valence-corrected chi connectivity index (χ4v) is 3.17. The third-order valence-corrected chi connectivity index (χ3v) is 4.46. The highest BCUT2D eigenvalue weighted by atomic mass is 32.1. The lowest BCUT2D eigenvalue weighted by atomic mass is 10.1. The first kappa shape index (κ1) is 14.6. The molecule has 0 spiro atoms. The summed E-state index contributed by atoms with van der Waals surface area (Å²) in [6, 6.07) is 10.4. The van der Waals surface area contributed by atoms with Crippen LogP contribution in [-0.2, 0) is 0 Å². The molecule has 1 N–H and O–H groups in total. The van der Waals surface area contributed by atoms with Crippen molar-refractivity contribution in [3.8, 4) is 22.1 Å². The summed E-state index contributed by atoms with van der Waals surface area (Å²) in [5.41, 5.74) is 1.80. The van der Waals surface area contributed by atoms with Gasteiger partial charge in [-0.2, -0.15) is 0 Å². The van der Waals surface area contributed by atoms with E-state index in [1.54, 1.807) is 23.6 Å². The number of thiazole rings is 1. The molecule has 0 unspecified atom stereocenters. The molecule has 0 amide bonds. The molecule has 6 heteroatoms. The van der Waals surface area contributed by atoms with E-state index in [2.05, 4.69) is 4.98 Å². The van der Waals surface area contributed by atoms with Crippen LogP contribution in [-0.4, -0.2) is 15.9 Å². The molecule has 0 fully saturated rings. The van der Waals surface area contributed by atoms with Crippen LogP contribution in [0.2, 0.25) is 0 Å². The van der Waals surface area contributed by atoms with E-state index in [0.717, 1.165) is 10.6 Å². The maximum absolute atomic E-state index is 13.0. The molecule has 24 heavy (non-hydrogen) atoms. The van der Waals surface area contributed by atoms with Gasteiger partial charge in [-0.05, 0) is 36.4 Å². The van der Waals surface area contributed by atoms with Crippen molar-refractivity contribution in [2.24, 2.45) is 0 Å². The van der Waals surface area contributed by atoms with E-state index in [9.17, 15) is 14.3 Å². The Bertz CT molecular complexity index is 976. The number of rotatable bonds is 2. The molecule has 118 valence electrons. The van der Waals surface area contributed by atoms with Gasteiger partial charge < -0.3 is 9.84 Å². The highest BCUT2D eigenvalue weighted by Gasteiger charge is 2.27. The summed E-state index contributed by atoms with van der Waals surface area (Å²) < 4.78 is 18.5. The quantitative estimate of drug-likeness (QED) is 0.708. The molecule has 0 saturated heterocycles. The standard InChI is InChI=1S/C18H10FNO3S/c19-11-3-1-10(2-4-11)18-20-12(9-24-18)7-16-17(22)14-6-5-13(21)8-15(14)23-16/h1-9,21H/b16-7-. The Morgan fingerprint density at radius 3 is 2.75 bits per heavy atom. The topological polar surface area (TPSA) is 59.4 Å². The molecule has 0 bridgehead atoms. The first-order chi connectivity index (χ1) is 11.6. The second-order valence-corrected chi connectivity index (χ2v) is 6.06. The molecule has 2 aromatic carbocycles. The van der Waals surface area contributed by atoms with Gasteiger partial charge in [-0.25, -0.2) is 9.37 Å². The molecule has 1 aliphatic heterocycles. The number of ketones is 1. The van der Waals surface area contributed by atoms with Crippen molar-refractivity contribution in [2.45, 2.75) is 0 Å². The van der Waals surface area contributed by atoms with Gasteiger partial charge in [0.1, 0.15) is 22.3 Å². The number of fused-ring (bicyclic) bond motifs is 1. The average molecular weight is 339 g/mol. The summed E-state index contributed by atoms with van der Waals surface area (Å²) in [7, 11) is 0. The number of aromatic hydroxyl groups is 1. The Balaban J connectivity index is 1.63. The van der Waals surface area contributed by atoms with Gasteiger partial charge in [0.2, 0.25) is 5.78 Å². The van der Waals surface area contributed by atoms with Gasteiger partial charge in [-0.15, -0.1) is 11.3 Å². The predicted molar refractivity (Wildman–Crippen MR) is 88.6 cm³/mol. The van der Waals surface area contributed by atoms with Crippen LogP contribution in [0.4, 0.5) is 4.39 Å². The van der Waals surface area contributed by atoms with Gasteiger partial charge in [0.15, 0.2) is 5.76 Å². The minimum absolute atomic E-state index is 0.0371. The van der Waals surface area contributed by atoms with Crippen molar-refractivity contribution < 1.29 is 19.0 Å². The van der Waals surface area contributed by atoms with E-state index in [4.69, 9.17) is 4.74 Å². The Kier molecular flexibility index (Phi) is 3.39. The number of hydrogen-bond acceptors (Lipinski definition) is 5. The van der Waals surface area contributed by atoms with Crippen molar-refractivity contribution in [1.82, 2.24) is 4.98 Å². The number of ether oxygens (including phenoxy) is 1. The van der Waals surface area contributed by atoms with Crippen molar-refractivity contribution in [2.75, 3.05) is 0 Å². The molecule has 1 aliphatic rings. The number of nitrogens with zero attached hydrogens (tertiary/aromatic N) is 1. The van der Waals surface area contributed by atoms with Gasteiger partial charge in [-0.1, -0.05) is 0 Å². The monoisotopic (exact) mass is 339 g/mol. The Morgan fingerprint density at radius 2 is 1.96 bits per heavy atom. The zero-order valence-corrected chi connectivity index (χ0v) is 13.0. The van der Waals surface area contributed by atoms with Crippen LogP contribution in [0.25, 0.3) is 16.6 Å². The smallest absolute Gasteiger partial charge is 0.232 e. The van der Waals surface area contributed by atoms with Crippen molar-refractivity contribution in [1.29, 1.82) is 0 Å². The number of carbonyl (C=O) groups is 1. The molecule has 0 aliphatic carbocycles. The van der Waals surface area contributed by atoms with Crippen molar-refractivity contribution in [3.63, 3.8) is 0 Å². The molecule has 0 atom stereocenters. The third kappa shape index (κ3) is 2.57. The minimum Gasteiger partial charge on any atom is -0.508 e. The van der Waals surface area contributed by atoms with E-state index in [0.29, 0.717) is 17.0 Å². The van der Waals surface area contributed by atoms with Gasteiger partial charge >= 0.3 is 0 Å². The normalized spacial score (nSPS) is 14.7. The van der Waals surface area contributed by atoms with Crippen LogP contribution < -0.4 is 4.74 Å². The number of halogens is 1. The highest BCUT2D eigenvalue weighted by Crippen LogP contribution is 2.34. The first-order valence-electron chi connectivity index (χ1n) is 7.09. The van der Waals surface area contributed by atoms with E-state index in [1.807, 2.05) is 0 Å². The second kappa shape index (κ2) is 5.58. The van der Waals surface area contributed by atoms with Crippen LogP contribution in [0, 0.1) is 5.82 Å². The maximum Gasteiger partial charge on any atom is 0.232 e. The van der Waals surface area contributed by atoms with E-state index in [-0.39, 0.29) is 23.1 Å². The molecule has 0 radical (unpaired) electrons. The van der Waals surface area contributed by atoms with Crippen LogP contribution >= 0.6 is 11.3 Å². The average Bonchev–Trinajstić information content (AvgIpc) is 3.14. The zero-order chi connectivity index (χ0) is 16.7. The molecule has 4 rings (SSSR count). The molecule has 2 heterocycles. The van der Waals surface area contributed by atoms with E-state index < -0.39 is 0 Å². The number of phenolic OH excluding ortho intramolecular Hbond substituents is 1. The number of benzene rings is 2. The Hall–Kier alpha value is -2.99. The SMILES string of the molecule is O=C1/C(=C/c2csc(-c3ccc(F)cc3)n2)Oc2cc(O)ccc21. The summed E-state index contributed by atoms with van der Waals surface area (Å²) in [6.45, 7) is 0. The molecular weight excluding hydrogens is 329 g/mol. The number of carbonyl (C=O) groups excluding carboxylic acids is 1. The maximum atomic E-state index is 13.0. The van der Waals surface area contributed by atoms with Gasteiger partial charge in [-0.3, -0.25) is 4.79 Å². The van der Waals surface area contributed by atoms with Crippen LogP contribution in [0.15, 0.2) is 53.6 Å².